The molecule has 0 aromatic rings. The van der Waals surface area contributed by atoms with Gasteiger partial charge in [-0.05, 0) is 13.5 Å². The molecule has 0 heterocycles. The molecule has 5 N–H and O–H groups in total. The van der Waals surface area contributed by atoms with Crippen molar-refractivity contribution in [2.45, 2.75) is 37.8 Å². The summed E-state index contributed by atoms with van der Waals surface area (Å²) >= 11 is 0. The third-order valence-corrected chi connectivity index (χ3v) is 1.97. The Hall–Kier alpha value is -0.200. The van der Waals surface area contributed by atoms with Crippen molar-refractivity contribution in [1.82, 2.24) is 5.32 Å². The van der Waals surface area contributed by atoms with Crippen molar-refractivity contribution in [3.05, 3.63) is 0 Å². The lowest BCUT2D eigenvalue weighted by molar-refractivity contribution is -0.104. The first-order valence-corrected chi connectivity index (χ1v) is 4.41. The van der Waals surface area contributed by atoms with E-state index < -0.39 is 24.4 Å². The van der Waals surface area contributed by atoms with Crippen molar-refractivity contribution in [3.8, 4) is 0 Å². The number of nitrogens with one attached hydrogen (secondary N) is 1. The molecule has 0 radical (unpaired) electrons. The Balaban J connectivity index is 3.99. The first-order chi connectivity index (χ1) is 6.04. The topological polar surface area (TPSA) is 93.0 Å². The van der Waals surface area contributed by atoms with Gasteiger partial charge in [0, 0.05) is 6.54 Å². The number of rotatable bonds is 6. The lowest BCUT2D eigenvalue weighted by Gasteiger charge is -2.25. The molecule has 0 aromatic carbocycles. The van der Waals surface area contributed by atoms with Gasteiger partial charge in [-0.15, -0.1) is 0 Å². The number of hydrogen-bond acceptors (Lipinski definition) is 5. The largest absolute Gasteiger partial charge is 0.390 e. The monoisotopic (exact) mass is 193 g/mol. The van der Waals surface area contributed by atoms with Crippen LogP contribution in [0.3, 0.4) is 0 Å². The summed E-state index contributed by atoms with van der Waals surface area (Å²) in [6, 6.07) is 0. The van der Waals surface area contributed by atoms with Crippen molar-refractivity contribution in [1.29, 1.82) is 0 Å². The second kappa shape index (κ2) is 6.28. The van der Waals surface area contributed by atoms with Gasteiger partial charge in [0.2, 0.25) is 0 Å². The first-order valence-electron chi connectivity index (χ1n) is 4.41. The average Bonchev–Trinajstić information content (AvgIpc) is 2.14. The Morgan fingerprint density at radius 2 is 1.46 bits per heavy atom. The maximum Gasteiger partial charge on any atom is 0.109 e. The minimum Gasteiger partial charge on any atom is -0.390 e. The molecule has 0 amide bonds. The molecule has 0 bridgehead atoms. The molecule has 0 unspecified atom stereocenters. The fourth-order valence-corrected chi connectivity index (χ4v) is 1.03. The summed E-state index contributed by atoms with van der Waals surface area (Å²) in [5.74, 6) is 0. The van der Waals surface area contributed by atoms with Crippen molar-refractivity contribution >= 4 is 0 Å². The summed E-state index contributed by atoms with van der Waals surface area (Å²) < 4.78 is 0. The lowest BCUT2D eigenvalue weighted by atomic mass is 10.0. The fourth-order valence-electron chi connectivity index (χ4n) is 1.03. The average molecular weight is 193 g/mol. The molecule has 13 heavy (non-hydrogen) atoms. The van der Waals surface area contributed by atoms with Crippen molar-refractivity contribution in [3.63, 3.8) is 0 Å². The molecule has 0 saturated heterocycles. The SMILES string of the molecule is CC[C@@H](O)[C@H](O)[C@H](O)[C@@H](O)CNC. The highest BCUT2D eigenvalue weighted by molar-refractivity contribution is 4.80. The minimum absolute atomic E-state index is 0.175. The van der Waals surface area contributed by atoms with Crippen LogP contribution < -0.4 is 5.32 Å². The summed E-state index contributed by atoms with van der Waals surface area (Å²) in [7, 11) is 1.62. The molecule has 4 atom stereocenters. The summed E-state index contributed by atoms with van der Waals surface area (Å²) in [5, 5.41) is 39.7. The summed E-state index contributed by atoms with van der Waals surface area (Å²) in [5.41, 5.74) is 0. The zero-order chi connectivity index (χ0) is 10.4. The van der Waals surface area contributed by atoms with Crippen LogP contribution in [0.2, 0.25) is 0 Å². The molecule has 0 aromatic heterocycles. The quantitative estimate of drug-likeness (QED) is 0.338. The van der Waals surface area contributed by atoms with Crippen LogP contribution in [0.4, 0.5) is 0 Å². The second-order valence-electron chi connectivity index (χ2n) is 3.08. The van der Waals surface area contributed by atoms with Crippen molar-refractivity contribution < 1.29 is 20.4 Å². The van der Waals surface area contributed by atoms with E-state index in [1.807, 2.05) is 0 Å². The van der Waals surface area contributed by atoms with E-state index in [1.54, 1.807) is 14.0 Å². The third-order valence-electron chi connectivity index (χ3n) is 1.97. The van der Waals surface area contributed by atoms with E-state index >= 15 is 0 Å². The van der Waals surface area contributed by atoms with Gasteiger partial charge < -0.3 is 25.7 Å². The number of aliphatic hydroxyl groups excluding tert-OH is 4. The lowest BCUT2D eigenvalue weighted by Crippen LogP contribution is -2.47. The van der Waals surface area contributed by atoms with Crippen LogP contribution >= 0.6 is 0 Å². The Bertz CT molecular complexity index is 133. The van der Waals surface area contributed by atoms with Gasteiger partial charge in [0.1, 0.15) is 12.2 Å². The molecular formula is C8H19NO4. The molecule has 80 valence electrons. The Kier molecular flexibility index (Phi) is 6.19. The van der Waals surface area contributed by atoms with Crippen LogP contribution in [-0.4, -0.2) is 58.4 Å². The summed E-state index contributed by atoms with van der Waals surface area (Å²) in [4.78, 5) is 0. The molecule has 0 aliphatic rings. The van der Waals surface area contributed by atoms with Gasteiger partial charge in [-0.25, -0.2) is 0 Å². The Labute approximate surface area is 78.0 Å². The highest BCUT2D eigenvalue weighted by atomic mass is 16.4. The Morgan fingerprint density at radius 1 is 1.00 bits per heavy atom. The van der Waals surface area contributed by atoms with Crippen LogP contribution in [0.5, 0.6) is 0 Å². The van der Waals surface area contributed by atoms with Gasteiger partial charge in [0.05, 0.1) is 12.2 Å². The zero-order valence-corrected chi connectivity index (χ0v) is 8.01. The van der Waals surface area contributed by atoms with Crippen LogP contribution in [0, 0.1) is 0 Å². The van der Waals surface area contributed by atoms with Gasteiger partial charge in [-0.3, -0.25) is 0 Å². The molecular weight excluding hydrogens is 174 g/mol. The molecule has 0 aliphatic carbocycles. The van der Waals surface area contributed by atoms with E-state index in [0.29, 0.717) is 6.42 Å². The highest BCUT2D eigenvalue weighted by Gasteiger charge is 2.28. The number of likely N-dealkylation sites (N-methyl/N-ethyl adjacent to an activating group) is 1. The van der Waals surface area contributed by atoms with E-state index in [0.717, 1.165) is 0 Å². The van der Waals surface area contributed by atoms with E-state index in [1.165, 1.54) is 0 Å². The standard InChI is InChI=1S/C8H19NO4/c1-3-5(10)7(12)8(13)6(11)4-9-2/h5-13H,3-4H2,1-2H3/t5-,6+,7+,8-/m1/s1. The number of aliphatic hydroxyl groups is 4. The van der Waals surface area contributed by atoms with Gasteiger partial charge in [0.25, 0.3) is 0 Å². The molecule has 0 spiro atoms. The number of hydrogen-bond donors (Lipinski definition) is 5. The summed E-state index contributed by atoms with van der Waals surface area (Å²) in [6.07, 6.45) is -4.34. The van der Waals surface area contributed by atoms with E-state index in [-0.39, 0.29) is 6.54 Å². The van der Waals surface area contributed by atoms with Crippen molar-refractivity contribution in [2.24, 2.45) is 0 Å². The van der Waals surface area contributed by atoms with Gasteiger partial charge in [-0.2, -0.15) is 0 Å². The molecule has 0 rings (SSSR count). The minimum atomic E-state index is -1.32. The zero-order valence-electron chi connectivity index (χ0n) is 8.01. The van der Waals surface area contributed by atoms with Gasteiger partial charge >= 0.3 is 0 Å². The van der Waals surface area contributed by atoms with Gasteiger partial charge in [0.15, 0.2) is 0 Å². The highest BCUT2D eigenvalue weighted by Crippen LogP contribution is 2.06. The maximum atomic E-state index is 9.32. The third kappa shape index (κ3) is 4.02. The predicted octanol–water partition coefficient (Wildman–Crippen LogP) is -1.94. The summed E-state index contributed by atoms with van der Waals surface area (Å²) in [6.45, 7) is 1.86. The van der Waals surface area contributed by atoms with E-state index in [2.05, 4.69) is 5.32 Å². The van der Waals surface area contributed by atoms with Crippen LogP contribution in [0.15, 0.2) is 0 Å². The molecule has 0 saturated carbocycles. The fraction of sp³-hybridized carbons (Fsp3) is 1.00. The smallest absolute Gasteiger partial charge is 0.109 e. The van der Waals surface area contributed by atoms with E-state index in [4.69, 9.17) is 0 Å². The van der Waals surface area contributed by atoms with Crippen molar-refractivity contribution in [2.75, 3.05) is 13.6 Å². The molecule has 5 nitrogen and oxygen atoms in total. The Morgan fingerprint density at radius 3 is 1.85 bits per heavy atom. The predicted molar refractivity (Wildman–Crippen MR) is 48.2 cm³/mol. The molecule has 5 heteroatoms. The van der Waals surface area contributed by atoms with Crippen LogP contribution in [-0.2, 0) is 0 Å². The second-order valence-corrected chi connectivity index (χ2v) is 3.08. The normalized spacial score (nSPS) is 20.8. The maximum absolute atomic E-state index is 9.32. The molecule has 0 fully saturated rings. The van der Waals surface area contributed by atoms with Crippen LogP contribution in [0.1, 0.15) is 13.3 Å². The first kappa shape index (κ1) is 12.8. The van der Waals surface area contributed by atoms with E-state index in [9.17, 15) is 20.4 Å². The molecule has 0 aliphatic heterocycles. The van der Waals surface area contributed by atoms with Gasteiger partial charge in [-0.1, -0.05) is 6.92 Å². The van der Waals surface area contributed by atoms with Crippen LogP contribution in [0.25, 0.3) is 0 Å².